The molecular formula is C23H44O4. The van der Waals surface area contributed by atoms with Gasteiger partial charge in [-0.2, -0.15) is 0 Å². The van der Waals surface area contributed by atoms with Crippen LogP contribution in [0.4, 0.5) is 0 Å². The average molecular weight is 385 g/mol. The Kier molecular flexibility index (Phi) is 15.3. The maximum atomic E-state index is 12.3. The minimum absolute atomic E-state index is 0.0667. The number of rotatable bonds is 16. The van der Waals surface area contributed by atoms with Gasteiger partial charge in [0.15, 0.2) is 0 Å². The molecule has 0 N–H and O–H groups in total. The zero-order valence-corrected chi connectivity index (χ0v) is 18.7. The van der Waals surface area contributed by atoms with Crippen LogP contribution in [0.15, 0.2) is 0 Å². The van der Waals surface area contributed by atoms with Gasteiger partial charge in [-0.05, 0) is 30.6 Å². The Labute approximate surface area is 167 Å². The number of carbonyl (C=O) groups excluding carboxylic acids is 2. The number of hydrogen-bond acceptors (Lipinski definition) is 4. The molecular weight excluding hydrogens is 340 g/mol. The molecule has 0 aromatic heterocycles. The molecule has 0 aromatic carbocycles. The van der Waals surface area contributed by atoms with E-state index < -0.39 is 5.92 Å². The van der Waals surface area contributed by atoms with Gasteiger partial charge in [0.2, 0.25) is 0 Å². The summed E-state index contributed by atoms with van der Waals surface area (Å²) in [5, 5.41) is 0. The summed E-state index contributed by atoms with van der Waals surface area (Å²) in [7, 11) is 0. The van der Waals surface area contributed by atoms with Gasteiger partial charge in [-0.25, -0.2) is 0 Å². The van der Waals surface area contributed by atoms with E-state index in [1.165, 1.54) is 25.7 Å². The van der Waals surface area contributed by atoms with E-state index in [0.717, 1.165) is 37.5 Å². The molecule has 0 amide bonds. The van der Waals surface area contributed by atoms with E-state index in [4.69, 9.17) is 9.47 Å². The Morgan fingerprint density at radius 2 is 1.15 bits per heavy atom. The highest BCUT2D eigenvalue weighted by molar-refractivity contribution is 5.80. The van der Waals surface area contributed by atoms with Crippen LogP contribution in [0.25, 0.3) is 0 Å². The molecule has 4 nitrogen and oxygen atoms in total. The molecule has 0 aliphatic heterocycles. The van der Waals surface area contributed by atoms with Gasteiger partial charge >= 0.3 is 11.9 Å². The van der Waals surface area contributed by atoms with Crippen LogP contribution in [0.2, 0.25) is 0 Å². The average Bonchev–Trinajstić information content (AvgIpc) is 2.57. The lowest BCUT2D eigenvalue weighted by Crippen LogP contribution is -2.27. The van der Waals surface area contributed by atoms with Crippen molar-refractivity contribution < 1.29 is 19.1 Å². The van der Waals surface area contributed by atoms with E-state index in [1.807, 2.05) is 13.8 Å². The zero-order valence-electron chi connectivity index (χ0n) is 18.7. The van der Waals surface area contributed by atoms with Crippen molar-refractivity contribution in [1.82, 2.24) is 0 Å². The van der Waals surface area contributed by atoms with Gasteiger partial charge in [0, 0.05) is 0 Å². The van der Waals surface area contributed by atoms with Gasteiger partial charge in [0.05, 0.1) is 25.6 Å². The molecule has 0 radical (unpaired) electrons. The highest BCUT2D eigenvalue weighted by Crippen LogP contribution is 2.19. The van der Waals surface area contributed by atoms with E-state index >= 15 is 0 Å². The predicted molar refractivity (Wildman–Crippen MR) is 111 cm³/mol. The second-order valence-electron chi connectivity index (χ2n) is 8.93. The highest BCUT2D eigenvalue weighted by Gasteiger charge is 2.27. The van der Waals surface area contributed by atoms with Crippen molar-refractivity contribution in [3.05, 3.63) is 0 Å². The standard InChI is InChI=1S/C23H44O4/c1-18(2)13-9-7-11-15-26-22(24)17-21(20(5)6)23(25)27-16-12-8-10-14-19(3)4/h18-21H,7-17H2,1-6H3. The summed E-state index contributed by atoms with van der Waals surface area (Å²) in [6.45, 7) is 13.7. The van der Waals surface area contributed by atoms with Crippen LogP contribution in [0.3, 0.4) is 0 Å². The monoisotopic (exact) mass is 384 g/mol. The molecule has 0 aliphatic carbocycles. The first-order valence-electron chi connectivity index (χ1n) is 11.1. The molecule has 0 aliphatic rings. The summed E-state index contributed by atoms with van der Waals surface area (Å²) in [4.78, 5) is 24.4. The first kappa shape index (κ1) is 25.9. The summed E-state index contributed by atoms with van der Waals surface area (Å²) in [5.41, 5.74) is 0. The molecule has 4 heteroatoms. The van der Waals surface area contributed by atoms with Crippen LogP contribution in [-0.2, 0) is 19.1 Å². The minimum atomic E-state index is -0.408. The molecule has 0 aromatic rings. The summed E-state index contributed by atoms with van der Waals surface area (Å²) >= 11 is 0. The molecule has 0 spiro atoms. The second-order valence-corrected chi connectivity index (χ2v) is 8.93. The number of hydrogen-bond donors (Lipinski definition) is 0. The molecule has 1 atom stereocenters. The fraction of sp³-hybridized carbons (Fsp3) is 0.913. The molecule has 0 rings (SSSR count). The minimum Gasteiger partial charge on any atom is -0.466 e. The topological polar surface area (TPSA) is 52.6 Å². The molecule has 0 bridgehead atoms. The Balaban J connectivity index is 3.98. The molecule has 0 saturated heterocycles. The van der Waals surface area contributed by atoms with Crippen LogP contribution < -0.4 is 0 Å². The Bertz CT molecular complexity index is 388. The maximum Gasteiger partial charge on any atom is 0.309 e. The van der Waals surface area contributed by atoms with Crippen LogP contribution in [-0.4, -0.2) is 25.2 Å². The van der Waals surface area contributed by atoms with Gasteiger partial charge in [-0.15, -0.1) is 0 Å². The van der Waals surface area contributed by atoms with E-state index in [2.05, 4.69) is 27.7 Å². The zero-order chi connectivity index (χ0) is 20.7. The molecule has 0 saturated carbocycles. The molecule has 160 valence electrons. The van der Waals surface area contributed by atoms with Crippen LogP contribution >= 0.6 is 0 Å². The second kappa shape index (κ2) is 15.9. The fourth-order valence-corrected chi connectivity index (χ4v) is 2.96. The van der Waals surface area contributed by atoms with Crippen molar-refractivity contribution in [3.63, 3.8) is 0 Å². The molecule has 0 fully saturated rings. The van der Waals surface area contributed by atoms with Crippen molar-refractivity contribution in [2.45, 2.75) is 99.3 Å². The highest BCUT2D eigenvalue weighted by atomic mass is 16.5. The maximum absolute atomic E-state index is 12.3. The first-order chi connectivity index (χ1) is 12.7. The number of carbonyl (C=O) groups is 2. The van der Waals surface area contributed by atoms with Crippen molar-refractivity contribution in [2.75, 3.05) is 13.2 Å². The third kappa shape index (κ3) is 15.7. The predicted octanol–water partition coefficient (Wildman–Crippen LogP) is 6.17. The molecule has 27 heavy (non-hydrogen) atoms. The molecule has 0 heterocycles. The normalized spacial score (nSPS) is 12.6. The summed E-state index contributed by atoms with van der Waals surface area (Å²) in [6.07, 6.45) is 8.85. The van der Waals surface area contributed by atoms with E-state index in [9.17, 15) is 9.59 Å². The lowest BCUT2D eigenvalue weighted by molar-refractivity contribution is -0.157. The van der Waals surface area contributed by atoms with Gasteiger partial charge in [0.25, 0.3) is 0 Å². The Morgan fingerprint density at radius 1 is 0.667 bits per heavy atom. The van der Waals surface area contributed by atoms with Crippen LogP contribution in [0.5, 0.6) is 0 Å². The third-order valence-corrected chi connectivity index (χ3v) is 4.85. The quantitative estimate of drug-likeness (QED) is 0.236. The van der Waals surface area contributed by atoms with E-state index in [1.54, 1.807) is 0 Å². The Hall–Kier alpha value is -1.06. The van der Waals surface area contributed by atoms with Gasteiger partial charge in [-0.1, -0.05) is 80.1 Å². The van der Waals surface area contributed by atoms with Gasteiger partial charge in [-0.3, -0.25) is 9.59 Å². The van der Waals surface area contributed by atoms with Crippen molar-refractivity contribution in [1.29, 1.82) is 0 Å². The number of esters is 2. The first-order valence-corrected chi connectivity index (χ1v) is 11.1. The van der Waals surface area contributed by atoms with Gasteiger partial charge < -0.3 is 9.47 Å². The number of unbranched alkanes of at least 4 members (excludes halogenated alkanes) is 4. The largest absolute Gasteiger partial charge is 0.466 e. The fourth-order valence-electron chi connectivity index (χ4n) is 2.96. The van der Waals surface area contributed by atoms with Crippen LogP contribution in [0.1, 0.15) is 99.3 Å². The molecule has 1 unspecified atom stereocenters. The van der Waals surface area contributed by atoms with Crippen molar-refractivity contribution in [2.24, 2.45) is 23.7 Å². The van der Waals surface area contributed by atoms with Crippen molar-refractivity contribution >= 4 is 11.9 Å². The summed E-state index contributed by atoms with van der Waals surface area (Å²) in [5.74, 6) is 0.556. The summed E-state index contributed by atoms with van der Waals surface area (Å²) < 4.78 is 10.7. The van der Waals surface area contributed by atoms with E-state index in [-0.39, 0.29) is 24.3 Å². The lowest BCUT2D eigenvalue weighted by Gasteiger charge is -2.18. The van der Waals surface area contributed by atoms with Crippen LogP contribution in [0, 0.1) is 23.7 Å². The Morgan fingerprint density at radius 3 is 1.59 bits per heavy atom. The van der Waals surface area contributed by atoms with E-state index in [0.29, 0.717) is 13.2 Å². The SMILES string of the molecule is CC(C)CCCCCOC(=O)CC(C(=O)OCCCCCC(C)C)C(C)C. The number of ether oxygens (including phenoxy) is 2. The van der Waals surface area contributed by atoms with Crippen molar-refractivity contribution in [3.8, 4) is 0 Å². The summed E-state index contributed by atoms with van der Waals surface area (Å²) in [6, 6.07) is 0. The smallest absolute Gasteiger partial charge is 0.309 e. The lowest BCUT2D eigenvalue weighted by atomic mass is 9.93. The third-order valence-electron chi connectivity index (χ3n) is 4.85. The van der Waals surface area contributed by atoms with Gasteiger partial charge in [0.1, 0.15) is 0 Å².